The first-order valence-electron chi connectivity index (χ1n) is 10.1. The van der Waals surface area contributed by atoms with Crippen LogP contribution < -0.4 is 0 Å². The smallest absolute Gasteiger partial charge is 0.218 e. The highest BCUT2D eigenvalue weighted by molar-refractivity contribution is 7.88. The number of rotatable bonds is 5. The minimum Gasteiger partial charge on any atom is -0.508 e. The number of aliphatic hydroxyl groups is 1. The Morgan fingerprint density at radius 1 is 1.07 bits per heavy atom. The standard InChI is InChI=1S/C24H31NO3S/c1-18(26)23-11-10-20(19-8-6-5-7-9-19)16-21(23)17-29(27,28)25-14-12-22(13-15-25)24(2,3)4/h5-11,16,22,26H,1,12-15,17H2,2-4H3. The van der Waals surface area contributed by atoms with Gasteiger partial charge in [-0.05, 0) is 46.9 Å². The van der Waals surface area contributed by atoms with Crippen LogP contribution in [0.15, 0.2) is 55.1 Å². The van der Waals surface area contributed by atoms with Crippen molar-refractivity contribution in [2.24, 2.45) is 11.3 Å². The van der Waals surface area contributed by atoms with Gasteiger partial charge < -0.3 is 5.11 Å². The molecule has 1 fully saturated rings. The number of nitrogens with zero attached hydrogens (tertiary/aromatic N) is 1. The zero-order chi connectivity index (χ0) is 21.2. The summed E-state index contributed by atoms with van der Waals surface area (Å²) in [5.74, 6) is 0.285. The molecule has 0 bridgehead atoms. The van der Waals surface area contributed by atoms with Crippen LogP contribution in [0.1, 0.15) is 44.7 Å². The van der Waals surface area contributed by atoms with E-state index in [1.807, 2.05) is 42.5 Å². The molecule has 4 nitrogen and oxygen atoms in total. The van der Waals surface area contributed by atoms with Crippen molar-refractivity contribution in [3.8, 4) is 11.1 Å². The van der Waals surface area contributed by atoms with Gasteiger partial charge in [-0.2, -0.15) is 0 Å². The molecule has 2 aromatic carbocycles. The van der Waals surface area contributed by atoms with Gasteiger partial charge in [0.2, 0.25) is 10.0 Å². The van der Waals surface area contributed by atoms with E-state index in [1.54, 1.807) is 10.4 Å². The van der Waals surface area contributed by atoms with Crippen molar-refractivity contribution in [3.63, 3.8) is 0 Å². The Kier molecular flexibility index (Phi) is 6.20. The Bertz CT molecular complexity index is 967. The number of aliphatic hydroxyl groups excluding tert-OH is 1. The molecule has 0 aliphatic carbocycles. The monoisotopic (exact) mass is 413 g/mol. The van der Waals surface area contributed by atoms with Crippen LogP contribution >= 0.6 is 0 Å². The molecule has 0 amide bonds. The zero-order valence-electron chi connectivity index (χ0n) is 17.6. The predicted molar refractivity (Wildman–Crippen MR) is 120 cm³/mol. The normalized spacial score (nSPS) is 16.7. The molecule has 1 aliphatic heterocycles. The van der Waals surface area contributed by atoms with Gasteiger partial charge in [0, 0.05) is 18.7 Å². The minimum absolute atomic E-state index is 0.110. The van der Waals surface area contributed by atoms with Crippen molar-refractivity contribution in [1.82, 2.24) is 4.31 Å². The fraction of sp³-hybridized carbons (Fsp3) is 0.417. The van der Waals surface area contributed by atoms with E-state index in [4.69, 9.17) is 0 Å². The Hall–Kier alpha value is -2.11. The molecule has 3 rings (SSSR count). The summed E-state index contributed by atoms with van der Waals surface area (Å²) in [6.07, 6.45) is 1.76. The number of sulfonamides is 1. The summed E-state index contributed by atoms with van der Waals surface area (Å²) in [5, 5.41) is 9.99. The van der Waals surface area contributed by atoms with Gasteiger partial charge in [0.25, 0.3) is 0 Å². The highest BCUT2D eigenvalue weighted by Gasteiger charge is 2.33. The van der Waals surface area contributed by atoms with Crippen molar-refractivity contribution < 1.29 is 13.5 Å². The Labute approximate surface area is 174 Å². The van der Waals surface area contributed by atoms with Crippen molar-refractivity contribution >= 4 is 15.8 Å². The van der Waals surface area contributed by atoms with Crippen LogP contribution in [0.4, 0.5) is 0 Å². The molecule has 1 N–H and O–H groups in total. The lowest BCUT2D eigenvalue weighted by atomic mass is 9.76. The van der Waals surface area contributed by atoms with Gasteiger partial charge in [-0.25, -0.2) is 12.7 Å². The SMILES string of the molecule is C=C(O)c1ccc(-c2ccccc2)cc1CS(=O)(=O)N1CCC(C(C)(C)C)CC1. The minimum atomic E-state index is -3.48. The Morgan fingerprint density at radius 3 is 2.24 bits per heavy atom. The molecule has 1 heterocycles. The highest BCUT2D eigenvalue weighted by atomic mass is 32.2. The van der Waals surface area contributed by atoms with Gasteiger partial charge in [0.1, 0.15) is 5.76 Å². The van der Waals surface area contributed by atoms with E-state index in [2.05, 4.69) is 27.4 Å². The van der Waals surface area contributed by atoms with Gasteiger partial charge in [0.05, 0.1) is 5.75 Å². The number of hydrogen-bond donors (Lipinski definition) is 1. The van der Waals surface area contributed by atoms with Crippen molar-refractivity contribution in [2.45, 2.75) is 39.4 Å². The molecule has 0 spiro atoms. The molecule has 2 aromatic rings. The Morgan fingerprint density at radius 2 is 1.69 bits per heavy atom. The van der Waals surface area contributed by atoms with Gasteiger partial charge >= 0.3 is 0 Å². The lowest BCUT2D eigenvalue weighted by Gasteiger charge is -2.38. The van der Waals surface area contributed by atoms with Crippen LogP contribution in [-0.2, 0) is 15.8 Å². The van der Waals surface area contributed by atoms with E-state index in [9.17, 15) is 13.5 Å². The molecule has 1 aliphatic rings. The lowest BCUT2D eigenvalue weighted by molar-refractivity contribution is 0.154. The summed E-state index contributed by atoms with van der Waals surface area (Å²) < 4.78 is 27.9. The van der Waals surface area contributed by atoms with Gasteiger partial charge in [-0.3, -0.25) is 0 Å². The Balaban J connectivity index is 1.85. The fourth-order valence-corrected chi connectivity index (χ4v) is 5.67. The molecule has 0 unspecified atom stereocenters. The second-order valence-corrected chi connectivity index (χ2v) is 10.9. The molecule has 1 saturated heterocycles. The maximum absolute atomic E-state index is 13.1. The molecule has 5 heteroatoms. The van der Waals surface area contributed by atoms with E-state index in [0.717, 1.165) is 24.0 Å². The predicted octanol–water partition coefficient (Wildman–Crippen LogP) is 5.47. The molecule has 0 aromatic heterocycles. The third-order valence-electron chi connectivity index (χ3n) is 5.93. The maximum Gasteiger partial charge on any atom is 0.218 e. The second kappa shape index (κ2) is 8.33. The molecule has 29 heavy (non-hydrogen) atoms. The van der Waals surface area contributed by atoms with E-state index >= 15 is 0 Å². The maximum atomic E-state index is 13.1. The second-order valence-electron chi connectivity index (χ2n) is 8.98. The van der Waals surface area contributed by atoms with Crippen LogP contribution in [0.2, 0.25) is 0 Å². The molecular formula is C24H31NO3S. The number of hydrogen-bond acceptors (Lipinski definition) is 3. The van der Waals surface area contributed by atoms with E-state index in [-0.39, 0.29) is 16.9 Å². The van der Waals surface area contributed by atoms with Crippen LogP contribution in [0.25, 0.3) is 16.9 Å². The third-order valence-corrected chi connectivity index (χ3v) is 7.76. The summed E-state index contributed by atoms with van der Waals surface area (Å²) in [7, 11) is -3.48. The first kappa shape index (κ1) is 21.6. The first-order chi connectivity index (χ1) is 13.6. The van der Waals surface area contributed by atoms with E-state index in [0.29, 0.717) is 30.1 Å². The molecule has 0 atom stereocenters. The average Bonchev–Trinajstić information content (AvgIpc) is 2.67. The molecular weight excluding hydrogens is 382 g/mol. The van der Waals surface area contributed by atoms with Gasteiger partial charge in [-0.15, -0.1) is 0 Å². The van der Waals surface area contributed by atoms with Crippen LogP contribution in [-0.4, -0.2) is 30.9 Å². The largest absolute Gasteiger partial charge is 0.508 e. The van der Waals surface area contributed by atoms with E-state index in [1.165, 1.54) is 0 Å². The summed E-state index contributed by atoms with van der Waals surface area (Å²) >= 11 is 0. The summed E-state index contributed by atoms with van der Waals surface area (Å²) in [4.78, 5) is 0. The number of benzene rings is 2. The van der Waals surface area contributed by atoms with Crippen LogP contribution in [0, 0.1) is 11.3 Å². The molecule has 0 radical (unpaired) electrons. The quantitative estimate of drug-likeness (QED) is 0.661. The lowest BCUT2D eigenvalue weighted by Crippen LogP contribution is -2.41. The molecule has 0 saturated carbocycles. The number of piperidine rings is 1. The molecule has 156 valence electrons. The zero-order valence-corrected chi connectivity index (χ0v) is 18.4. The fourth-order valence-electron chi connectivity index (χ4n) is 4.09. The summed E-state index contributed by atoms with van der Waals surface area (Å²) in [6, 6.07) is 15.3. The first-order valence-corrected chi connectivity index (χ1v) is 11.7. The third kappa shape index (κ3) is 5.09. The highest BCUT2D eigenvalue weighted by Crippen LogP contribution is 2.35. The summed E-state index contributed by atoms with van der Waals surface area (Å²) in [6.45, 7) is 11.4. The van der Waals surface area contributed by atoms with Gasteiger partial charge in [0.15, 0.2) is 0 Å². The van der Waals surface area contributed by atoms with Crippen molar-refractivity contribution in [1.29, 1.82) is 0 Å². The van der Waals surface area contributed by atoms with Crippen LogP contribution in [0.5, 0.6) is 0 Å². The summed E-state index contributed by atoms with van der Waals surface area (Å²) in [5.41, 5.74) is 3.19. The van der Waals surface area contributed by atoms with Crippen molar-refractivity contribution in [2.75, 3.05) is 13.1 Å². The van der Waals surface area contributed by atoms with E-state index < -0.39 is 10.0 Å². The van der Waals surface area contributed by atoms with Crippen LogP contribution in [0.3, 0.4) is 0 Å². The van der Waals surface area contributed by atoms with Crippen molar-refractivity contribution in [3.05, 3.63) is 66.2 Å². The average molecular weight is 414 g/mol. The van der Waals surface area contributed by atoms with Gasteiger partial charge in [-0.1, -0.05) is 69.8 Å². The topological polar surface area (TPSA) is 57.6 Å².